The van der Waals surface area contributed by atoms with Crippen LogP contribution in [0.4, 0.5) is 0 Å². The van der Waals surface area contributed by atoms with Gasteiger partial charge in [0.25, 0.3) is 0 Å². The van der Waals surface area contributed by atoms with Crippen molar-refractivity contribution in [3.8, 4) is 0 Å². The first kappa shape index (κ1) is 6.28. The lowest BCUT2D eigenvalue weighted by Gasteiger charge is -2.14. The number of rotatable bonds is 0. The van der Waals surface area contributed by atoms with Gasteiger partial charge in [0, 0.05) is 0 Å². The van der Waals surface area contributed by atoms with Crippen LogP contribution in [-0.4, -0.2) is 18.0 Å². The standard InChI is InChI=1S/C9H7NO/c11-8-5-7-3-1-2-4-9(7)10-6-8/h1-6,9H. The van der Waals surface area contributed by atoms with Crippen LogP contribution in [0.5, 0.6) is 0 Å². The average molecular weight is 145 g/mol. The molecule has 1 unspecified atom stereocenters. The first-order chi connectivity index (χ1) is 5.36. The molecule has 2 nitrogen and oxygen atoms in total. The smallest absolute Gasteiger partial charge is 0.196 e. The van der Waals surface area contributed by atoms with Crippen LogP contribution in [0.1, 0.15) is 0 Å². The molecule has 1 aliphatic heterocycles. The zero-order chi connectivity index (χ0) is 7.68. The molecular weight excluding hydrogens is 138 g/mol. The number of fused-ring (bicyclic) bond motifs is 1. The summed E-state index contributed by atoms with van der Waals surface area (Å²) in [5.74, 6) is -0.0174. The number of hydrogen-bond acceptors (Lipinski definition) is 2. The molecule has 2 aliphatic rings. The van der Waals surface area contributed by atoms with Crippen LogP contribution in [0.3, 0.4) is 0 Å². The van der Waals surface area contributed by atoms with Crippen LogP contribution >= 0.6 is 0 Å². The van der Waals surface area contributed by atoms with E-state index >= 15 is 0 Å². The molecule has 0 bridgehead atoms. The average Bonchev–Trinajstić information content (AvgIpc) is 2.04. The maximum Gasteiger partial charge on any atom is 0.196 e. The van der Waals surface area contributed by atoms with Crippen molar-refractivity contribution in [1.29, 1.82) is 0 Å². The monoisotopic (exact) mass is 145 g/mol. The van der Waals surface area contributed by atoms with Crippen LogP contribution in [0, 0.1) is 0 Å². The Morgan fingerprint density at radius 2 is 2.27 bits per heavy atom. The van der Waals surface area contributed by atoms with Gasteiger partial charge in [0.15, 0.2) is 5.78 Å². The molecule has 0 aromatic rings. The van der Waals surface area contributed by atoms with Gasteiger partial charge in [-0.1, -0.05) is 24.3 Å². The van der Waals surface area contributed by atoms with E-state index in [4.69, 9.17) is 0 Å². The number of aliphatic imine (C=N–C) groups is 1. The van der Waals surface area contributed by atoms with Crippen molar-refractivity contribution in [3.63, 3.8) is 0 Å². The van der Waals surface area contributed by atoms with Gasteiger partial charge in [0.1, 0.15) is 0 Å². The van der Waals surface area contributed by atoms with Gasteiger partial charge in [-0.05, 0) is 11.6 Å². The van der Waals surface area contributed by atoms with Crippen LogP contribution in [0.15, 0.2) is 40.9 Å². The highest BCUT2D eigenvalue weighted by Gasteiger charge is 2.13. The van der Waals surface area contributed by atoms with E-state index in [1.165, 1.54) is 6.21 Å². The maximum absolute atomic E-state index is 10.8. The Morgan fingerprint density at radius 3 is 3.18 bits per heavy atom. The van der Waals surface area contributed by atoms with Gasteiger partial charge in [0.2, 0.25) is 0 Å². The molecule has 54 valence electrons. The van der Waals surface area contributed by atoms with Crippen molar-refractivity contribution in [2.45, 2.75) is 6.04 Å². The number of allylic oxidation sites excluding steroid dienone is 3. The molecule has 0 spiro atoms. The molecule has 0 aromatic carbocycles. The van der Waals surface area contributed by atoms with Gasteiger partial charge in [-0.3, -0.25) is 9.79 Å². The SMILES string of the molecule is O=C1C=NC2C=CC=CC2=C1. The molecule has 0 radical (unpaired) electrons. The molecule has 0 amide bonds. The number of carbonyl (C=O) groups is 1. The highest BCUT2D eigenvalue weighted by Crippen LogP contribution is 2.16. The lowest BCUT2D eigenvalue weighted by Crippen LogP contribution is -2.14. The van der Waals surface area contributed by atoms with Crippen molar-refractivity contribution in [1.82, 2.24) is 0 Å². The second-order valence-corrected chi connectivity index (χ2v) is 2.51. The molecule has 0 fully saturated rings. The molecule has 2 heteroatoms. The molecular formula is C9H7NO. The lowest BCUT2D eigenvalue weighted by atomic mass is 9.99. The Labute approximate surface area is 64.6 Å². The number of ketones is 1. The minimum atomic E-state index is -0.0174. The van der Waals surface area contributed by atoms with Crippen molar-refractivity contribution in [2.75, 3.05) is 0 Å². The van der Waals surface area contributed by atoms with Crippen LogP contribution in [-0.2, 0) is 4.79 Å². The fourth-order valence-corrected chi connectivity index (χ4v) is 1.17. The van der Waals surface area contributed by atoms with E-state index in [1.54, 1.807) is 6.08 Å². The van der Waals surface area contributed by atoms with E-state index in [0.29, 0.717) is 0 Å². The third kappa shape index (κ3) is 1.07. The predicted octanol–water partition coefficient (Wildman–Crippen LogP) is 1.06. The zero-order valence-electron chi connectivity index (χ0n) is 5.90. The molecule has 0 saturated carbocycles. The fraction of sp³-hybridized carbons (Fsp3) is 0.111. The summed E-state index contributed by atoms with van der Waals surface area (Å²) in [4.78, 5) is 14.9. The molecule has 0 saturated heterocycles. The van der Waals surface area contributed by atoms with E-state index < -0.39 is 0 Å². The quantitative estimate of drug-likeness (QED) is 0.501. The van der Waals surface area contributed by atoms with E-state index in [0.717, 1.165) is 5.57 Å². The summed E-state index contributed by atoms with van der Waals surface area (Å²) in [6.45, 7) is 0. The Balaban J connectivity index is 2.39. The first-order valence-electron chi connectivity index (χ1n) is 3.50. The minimum Gasteiger partial charge on any atom is -0.288 e. The third-order valence-electron chi connectivity index (χ3n) is 1.71. The zero-order valence-corrected chi connectivity index (χ0v) is 5.90. The van der Waals surface area contributed by atoms with Gasteiger partial charge < -0.3 is 0 Å². The maximum atomic E-state index is 10.8. The van der Waals surface area contributed by atoms with Gasteiger partial charge in [-0.25, -0.2) is 0 Å². The van der Waals surface area contributed by atoms with Gasteiger partial charge >= 0.3 is 0 Å². The predicted molar refractivity (Wildman–Crippen MR) is 43.7 cm³/mol. The largest absolute Gasteiger partial charge is 0.288 e. The van der Waals surface area contributed by atoms with E-state index in [1.807, 2.05) is 24.3 Å². The summed E-state index contributed by atoms with van der Waals surface area (Å²) in [5, 5.41) is 0. The Morgan fingerprint density at radius 1 is 1.36 bits per heavy atom. The second-order valence-electron chi connectivity index (χ2n) is 2.51. The normalized spacial score (nSPS) is 26.7. The van der Waals surface area contributed by atoms with Crippen molar-refractivity contribution in [3.05, 3.63) is 36.0 Å². The third-order valence-corrected chi connectivity index (χ3v) is 1.71. The summed E-state index contributed by atoms with van der Waals surface area (Å²) < 4.78 is 0. The number of nitrogens with zero attached hydrogens (tertiary/aromatic N) is 1. The molecule has 2 rings (SSSR count). The Kier molecular flexibility index (Phi) is 1.32. The Hall–Kier alpha value is -1.44. The van der Waals surface area contributed by atoms with Gasteiger partial charge in [0.05, 0.1) is 12.3 Å². The van der Waals surface area contributed by atoms with Crippen LogP contribution < -0.4 is 0 Å². The summed E-state index contributed by atoms with van der Waals surface area (Å²) in [5.41, 5.74) is 0.986. The highest BCUT2D eigenvalue weighted by atomic mass is 16.1. The van der Waals surface area contributed by atoms with Crippen LogP contribution in [0.25, 0.3) is 0 Å². The van der Waals surface area contributed by atoms with Crippen molar-refractivity contribution < 1.29 is 4.79 Å². The van der Waals surface area contributed by atoms with Crippen molar-refractivity contribution >= 4 is 12.0 Å². The van der Waals surface area contributed by atoms with E-state index in [9.17, 15) is 4.79 Å². The Bertz CT molecular complexity index is 308. The summed E-state index contributed by atoms with van der Waals surface area (Å²) in [6.07, 6.45) is 10.7. The summed E-state index contributed by atoms with van der Waals surface area (Å²) >= 11 is 0. The number of dihydropyridines is 1. The molecule has 1 aliphatic carbocycles. The molecule has 1 atom stereocenters. The molecule has 11 heavy (non-hydrogen) atoms. The molecule has 0 N–H and O–H groups in total. The second kappa shape index (κ2) is 2.31. The van der Waals surface area contributed by atoms with E-state index in [2.05, 4.69) is 4.99 Å². The minimum absolute atomic E-state index is 0.0174. The number of hydrogen-bond donors (Lipinski definition) is 0. The van der Waals surface area contributed by atoms with Crippen LogP contribution in [0.2, 0.25) is 0 Å². The number of carbonyl (C=O) groups excluding carboxylic acids is 1. The molecule has 1 heterocycles. The highest BCUT2D eigenvalue weighted by molar-refractivity contribution is 6.33. The van der Waals surface area contributed by atoms with Gasteiger partial charge in [-0.15, -0.1) is 0 Å². The fourth-order valence-electron chi connectivity index (χ4n) is 1.17. The van der Waals surface area contributed by atoms with Crippen molar-refractivity contribution in [2.24, 2.45) is 4.99 Å². The summed E-state index contributed by atoms with van der Waals surface area (Å²) in [6, 6.07) is 0.0812. The summed E-state index contributed by atoms with van der Waals surface area (Å²) in [7, 11) is 0. The topological polar surface area (TPSA) is 29.4 Å². The van der Waals surface area contributed by atoms with E-state index in [-0.39, 0.29) is 11.8 Å². The lowest BCUT2D eigenvalue weighted by molar-refractivity contribution is -0.108. The first-order valence-corrected chi connectivity index (χ1v) is 3.50. The van der Waals surface area contributed by atoms with Gasteiger partial charge in [-0.2, -0.15) is 0 Å². The molecule has 0 aromatic heterocycles.